The van der Waals surface area contributed by atoms with Gasteiger partial charge in [0.15, 0.2) is 0 Å². The zero-order valence-electron chi connectivity index (χ0n) is 10.3. The van der Waals surface area contributed by atoms with Crippen molar-refractivity contribution >= 4 is 0 Å². The highest BCUT2D eigenvalue weighted by Crippen LogP contribution is 2.44. The second kappa shape index (κ2) is 4.98. The minimum absolute atomic E-state index is 0.0581. The second-order valence-electron chi connectivity index (χ2n) is 5.21. The Balaban J connectivity index is 2.73. The highest BCUT2D eigenvalue weighted by atomic mass is 16.3. The van der Waals surface area contributed by atoms with Gasteiger partial charge in [-0.1, -0.05) is 44.6 Å². The Morgan fingerprint density at radius 3 is 2.73 bits per heavy atom. The van der Waals surface area contributed by atoms with E-state index in [1.165, 1.54) is 18.4 Å². The second-order valence-corrected chi connectivity index (χ2v) is 5.21. The number of aliphatic hydroxyl groups is 1. The molecule has 0 saturated heterocycles. The number of hydrogen-bond donors (Lipinski definition) is 1. The molecule has 0 unspecified atom stereocenters. The molecular weight excluding hydrogens is 184 g/mol. The molecule has 0 aromatic rings. The lowest BCUT2D eigenvalue weighted by molar-refractivity contribution is -0.0341. The molecule has 86 valence electrons. The zero-order valence-corrected chi connectivity index (χ0v) is 10.3. The van der Waals surface area contributed by atoms with Gasteiger partial charge >= 0.3 is 0 Å². The van der Waals surface area contributed by atoms with Crippen LogP contribution in [0.25, 0.3) is 0 Å². The van der Waals surface area contributed by atoms with Crippen molar-refractivity contribution in [2.75, 3.05) is 0 Å². The van der Waals surface area contributed by atoms with Crippen molar-refractivity contribution < 1.29 is 5.11 Å². The van der Waals surface area contributed by atoms with E-state index in [1.807, 2.05) is 6.08 Å². The van der Waals surface area contributed by atoms with Crippen LogP contribution < -0.4 is 0 Å². The van der Waals surface area contributed by atoms with Gasteiger partial charge in [-0.25, -0.2) is 0 Å². The van der Waals surface area contributed by atoms with Gasteiger partial charge in [-0.15, -0.1) is 0 Å². The quantitative estimate of drug-likeness (QED) is 0.701. The van der Waals surface area contributed by atoms with E-state index >= 15 is 0 Å². The summed E-state index contributed by atoms with van der Waals surface area (Å²) >= 11 is 0. The van der Waals surface area contributed by atoms with Gasteiger partial charge in [0.2, 0.25) is 0 Å². The van der Waals surface area contributed by atoms with E-state index in [4.69, 9.17) is 0 Å². The summed E-state index contributed by atoms with van der Waals surface area (Å²) in [6, 6.07) is 0. The molecule has 1 saturated carbocycles. The number of allylic oxidation sites excluding steroid dienone is 3. The van der Waals surface area contributed by atoms with Gasteiger partial charge in [0.1, 0.15) is 0 Å². The predicted molar refractivity (Wildman–Crippen MR) is 65.7 cm³/mol. The minimum Gasteiger partial charge on any atom is -0.393 e. The molecule has 1 fully saturated rings. The summed E-state index contributed by atoms with van der Waals surface area (Å²) in [5.74, 6) is 0.607. The van der Waals surface area contributed by atoms with E-state index in [0.717, 1.165) is 12.8 Å². The van der Waals surface area contributed by atoms with Crippen molar-refractivity contribution in [1.29, 1.82) is 0 Å². The Hall–Kier alpha value is -0.560. The van der Waals surface area contributed by atoms with Crippen LogP contribution in [0.5, 0.6) is 0 Å². The van der Waals surface area contributed by atoms with Gasteiger partial charge in [0, 0.05) is 0 Å². The lowest BCUT2D eigenvalue weighted by Gasteiger charge is -2.43. The standard InChI is InChI=1S/C14H24O/c1-5-11(2)9-10-14(4)12(3)7-6-8-13(14)15/h5,9,12-13,15H,1,6-8,10H2,2-4H3/b11-9-/t12-,13+,14-/m1/s1. The highest BCUT2D eigenvalue weighted by molar-refractivity contribution is 5.14. The van der Waals surface area contributed by atoms with E-state index in [1.54, 1.807) is 0 Å². The normalized spacial score (nSPS) is 37.7. The van der Waals surface area contributed by atoms with Crippen molar-refractivity contribution in [2.24, 2.45) is 11.3 Å². The third kappa shape index (κ3) is 2.72. The van der Waals surface area contributed by atoms with Crippen LogP contribution in [0.4, 0.5) is 0 Å². The van der Waals surface area contributed by atoms with Crippen molar-refractivity contribution in [3.63, 3.8) is 0 Å². The van der Waals surface area contributed by atoms with Gasteiger partial charge in [0.25, 0.3) is 0 Å². The van der Waals surface area contributed by atoms with Crippen LogP contribution >= 0.6 is 0 Å². The summed E-state index contributed by atoms with van der Waals surface area (Å²) in [6.07, 6.45) is 8.28. The fourth-order valence-corrected chi connectivity index (χ4v) is 2.41. The average molecular weight is 208 g/mol. The van der Waals surface area contributed by atoms with Gasteiger partial charge < -0.3 is 5.11 Å². The molecule has 0 radical (unpaired) electrons. The fourth-order valence-electron chi connectivity index (χ4n) is 2.41. The Morgan fingerprint density at radius 1 is 1.53 bits per heavy atom. The highest BCUT2D eigenvalue weighted by Gasteiger charge is 2.39. The molecule has 0 amide bonds. The Kier molecular flexibility index (Phi) is 4.15. The first-order valence-corrected chi connectivity index (χ1v) is 5.98. The van der Waals surface area contributed by atoms with Crippen molar-refractivity contribution in [3.8, 4) is 0 Å². The first kappa shape index (κ1) is 12.5. The first-order chi connectivity index (χ1) is 7.00. The van der Waals surface area contributed by atoms with E-state index in [2.05, 4.69) is 33.4 Å². The maximum absolute atomic E-state index is 10.1. The third-order valence-corrected chi connectivity index (χ3v) is 4.19. The molecule has 1 aliphatic rings. The molecule has 0 bridgehead atoms. The summed E-state index contributed by atoms with van der Waals surface area (Å²) in [5.41, 5.74) is 1.27. The van der Waals surface area contributed by atoms with E-state index in [-0.39, 0.29) is 11.5 Å². The monoisotopic (exact) mass is 208 g/mol. The van der Waals surface area contributed by atoms with E-state index < -0.39 is 0 Å². The topological polar surface area (TPSA) is 20.2 Å². The molecule has 0 aromatic heterocycles. The maximum Gasteiger partial charge on any atom is 0.0599 e. The molecule has 3 atom stereocenters. The lowest BCUT2D eigenvalue weighted by Crippen LogP contribution is -2.41. The lowest BCUT2D eigenvalue weighted by atomic mass is 9.64. The molecule has 0 heterocycles. The van der Waals surface area contributed by atoms with E-state index in [0.29, 0.717) is 5.92 Å². The third-order valence-electron chi connectivity index (χ3n) is 4.19. The summed E-state index contributed by atoms with van der Waals surface area (Å²) in [5, 5.41) is 10.1. The van der Waals surface area contributed by atoms with Gasteiger partial charge in [-0.05, 0) is 37.5 Å². The number of aliphatic hydroxyl groups excluding tert-OH is 1. The van der Waals surface area contributed by atoms with Crippen LogP contribution in [-0.2, 0) is 0 Å². The van der Waals surface area contributed by atoms with Crippen molar-refractivity contribution in [3.05, 3.63) is 24.3 Å². The van der Waals surface area contributed by atoms with E-state index in [9.17, 15) is 5.11 Å². The molecule has 0 aliphatic heterocycles. The van der Waals surface area contributed by atoms with Crippen LogP contribution in [0.3, 0.4) is 0 Å². The molecule has 1 N–H and O–H groups in total. The predicted octanol–water partition coefficient (Wildman–Crippen LogP) is 3.70. The molecule has 0 spiro atoms. The first-order valence-electron chi connectivity index (χ1n) is 5.98. The minimum atomic E-state index is -0.143. The average Bonchev–Trinajstić information content (AvgIpc) is 2.23. The molecule has 15 heavy (non-hydrogen) atoms. The van der Waals surface area contributed by atoms with Crippen LogP contribution in [0.2, 0.25) is 0 Å². The number of rotatable bonds is 3. The maximum atomic E-state index is 10.1. The molecule has 0 aromatic carbocycles. The largest absolute Gasteiger partial charge is 0.393 e. The molecular formula is C14H24O. The molecule has 1 aliphatic carbocycles. The molecule has 1 rings (SSSR count). The summed E-state index contributed by atoms with van der Waals surface area (Å²) < 4.78 is 0. The Labute approximate surface area is 93.9 Å². The summed E-state index contributed by atoms with van der Waals surface area (Å²) in [7, 11) is 0. The SMILES string of the molecule is C=C/C(C)=C\C[C@]1(C)[C@H](C)CCC[C@@H]1O. The zero-order chi connectivity index (χ0) is 11.5. The Morgan fingerprint density at radius 2 is 2.20 bits per heavy atom. The molecule has 1 nitrogen and oxygen atoms in total. The van der Waals surface area contributed by atoms with Gasteiger partial charge in [-0.3, -0.25) is 0 Å². The van der Waals surface area contributed by atoms with Crippen LogP contribution in [0, 0.1) is 11.3 Å². The fraction of sp³-hybridized carbons (Fsp3) is 0.714. The number of hydrogen-bond acceptors (Lipinski definition) is 1. The van der Waals surface area contributed by atoms with Crippen LogP contribution in [0.1, 0.15) is 46.5 Å². The van der Waals surface area contributed by atoms with Crippen LogP contribution in [0.15, 0.2) is 24.3 Å². The summed E-state index contributed by atoms with van der Waals surface area (Å²) in [6.45, 7) is 10.3. The van der Waals surface area contributed by atoms with Gasteiger partial charge in [0.05, 0.1) is 6.10 Å². The Bertz CT molecular complexity index is 242. The van der Waals surface area contributed by atoms with Crippen molar-refractivity contribution in [2.45, 2.75) is 52.6 Å². The smallest absolute Gasteiger partial charge is 0.0599 e. The van der Waals surface area contributed by atoms with Crippen LogP contribution in [-0.4, -0.2) is 11.2 Å². The molecule has 1 heteroatoms. The summed E-state index contributed by atoms with van der Waals surface area (Å²) in [4.78, 5) is 0. The van der Waals surface area contributed by atoms with Gasteiger partial charge in [-0.2, -0.15) is 0 Å². The van der Waals surface area contributed by atoms with Crippen molar-refractivity contribution in [1.82, 2.24) is 0 Å².